The quantitative estimate of drug-likeness (QED) is 0.291. The van der Waals surface area contributed by atoms with Gasteiger partial charge in [0.1, 0.15) is 5.75 Å². The van der Waals surface area contributed by atoms with E-state index < -0.39 is 0 Å². The number of hydrogen-bond donors (Lipinski definition) is 2. The predicted molar refractivity (Wildman–Crippen MR) is 134 cm³/mol. The number of aliphatic imine (C=N–C) groups is 1. The Morgan fingerprint density at radius 2 is 1.73 bits per heavy atom. The van der Waals surface area contributed by atoms with E-state index in [1.54, 1.807) is 21.3 Å². The number of anilines is 1. The first-order valence-corrected chi connectivity index (χ1v) is 9.61. The molecular formula is C22H33IN4O3. The van der Waals surface area contributed by atoms with Gasteiger partial charge < -0.3 is 29.7 Å². The van der Waals surface area contributed by atoms with E-state index >= 15 is 0 Å². The molecule has 8 heteroatoms. The highest BCUT2D eigenvalue weighted by molar-refractivity contribution is 14.0. The summed E-state index contributed by atoms with van der Waals surface area (Å²) in [6.45, 7) is 3.20. The number of halogens is 1. The first-order valence-electron chi connectivity index (χ1n) is 9.61. The molecule has 0 heterocycles. The van der Waals surface area contributed by atoms with Gasteiger partial charge >= 0.3 is 0 Å². The lowest BCUT2D eigenvalue weighted by Crippen LogP contribution is -2.38. The summed E-state index contributed by atoms with van der Waals surface area (Å²) in [5, 5.41) is 6.71. The van der Waals surface area contributed by atoms with Gasteiger partial charge in [-0.1, -0.05) is 12.1 Å². The Morgan fingerprint density at radius 1 is 1.03 bits per heavy atom. The van der Waals surface area contributed by atoms with Gasteiger partial charge in [-0.05, 0) is 50.8 Å². The molecule has 0 amide bonds. The van der Waals surface area contributed by atoms with E-state index in [4.69, 9.17) is 14.2 Å². The second kappa shape index (κ2) is 13.2. The van der Waals surface area contributed by atoms with Crippen molar-refractivity contribution in [3.8, 4) is 17.2 Å². The van der Waals surface area contributed by atoms with E-state index in [0.29, 0.717) is 30.6 Å². The van der Waals surface area contributed by atoms with Gasteiger partial charge in [0.25, 0.3) is 0 Å². The van der Waals surface area contributed by atoms with E-state index in [9.17, 15) is 0 Å². The summed E-state index contributed by atoms with van der Waals surface area (Å²) < 4.78 is 16.2. The molecule has 2 N–H and O–H groups in total. The summed E-state index contributed by atoms with van der Waals surface area (Å²) in [4.78, 5) is 6.51. The molecule has 30 heavy (non-hydrogen) atoms. The summed E-state index contributed by atoms with van der Waals surface area (Å²) in [5.74, 6) is 2.92. The zero-order valence-corrected chi connectivity index (χ0v) is 20.9. The van der Waals surface area contributed by atoms with Crippen molar-refractivity contribution in [2.45, 2.75) is 13.0 Å². The van der Waals surface area contributed by atoms with Gasteiger partial charge in [0.05, 0.1) is 26.9 Å². The van der Waals surface area contributed by atoms with Crippen LogP contribution in [0.25, 0.3) is 0 Å². The fraction of sp³-hybridized carbons (Fsp3) is 0.409. The topological polar surface area (TPSA) is 67.3 Å². The Morgan fingerprint density at radius 3 is 2.27 bits per heavy atom. The smallest absolute Gasteiger partial charge is 0.195 e. The van der Waals surface area contributed by atoms with Crippen LogP contribution in [-0.4, -0.2) is 59.4 Å². The van der Waals surface area contributed by atoms with Crippen molar-refractivity contribution in [2.24, 2.45) is 4.99 Å². The molecule has 0 aliphatic heterocycles. The minimum Gasteiger partial charge on any atom is -0.497 e. The molecular weight excluding hydrogens is 495 g/mol. The number of guanidine groups is 1. The Kier molecular flexibility index (Phi) is 11.3. The van der Waals surface area contributed by atoms with Crippen molar-refractivity contribution >= 4 is 35.6 Å². The number of nitrogens with one attached hydrogen (secondary N) is 2. The first kappa shape index (κ1) is 25.8. The van der Waals surface area contributed by atoms with Crippen LogP contribution in [0.1, 0.15) is 18.5 Å². The highest BCUT2D eigenvalue weighted by atomic mass is 127. The zero-order chi connectivity index (χ0) is 21.2. The first-order chi connectivity index (χ1) is 14.0. The van der Waals surface area contributed by atoms with E-state index in [1.165, 1.54) is 5.56 Å². The van der Waals surface area contributed by atoms with Gasteiger partial charge in [0.15, 0.2) is 17.5 Å². The maximum atomic E-state index is 5.65. The zero-order valence-electron chi connectivity index (χ0n) is 18.6. The number of likely N-dealkylation sites (N-methyl/N-ethyl adjacent to an activating group) is 1. The third kappa shape index (κ3) is 7.24. The monoisotopic (exact) mass is 528 g/mol. The van der Waals surface area contributed by atoms with Gasteiger partial charge in [-0.15, -0.1) is 24.0 Å². The summed E-state index contributed by atoms with van der Waals surface area (Å²) in [6.07, 6.45) is 0. The third-order valence-corrected chi connectivity index (χ3v) is 4.54. The lowest BCUT2D eigenvalue weighted by atomic mass is 10.1. The molecule has 166 valence electrons. The van der Waals surface area contributed by atoms with Crippen molar-refractivity contribution in [1.82, 2.24) is 10.2 Å². The Balaban J connectivity index is 0.00000450. The number of ether oxygens (including phenoxy) is 3. The van der Waals surface area contributed by atoms with Gasteiger partial charge in [-0.25, -0.2) is 0 Å². The van der Waals surface area contributed by atoms with Crippen LogP contribution in [0.3, 0.4) is 0 Å². The van der Waals surface area contributed by atoms with Crippen molar-refractivity contribution in [2.75, 3.05) is 53.8 Å². The van der Waals surface area contributed by atoms with Crippen molar-refractivity contribution in [1.29, 1.82) is 0 Å². The fourth-order valence-corrected chi connectivity index (χ4v) is 2.96. The van der Waals surface area contributed by atoms with E-state index in [0.717, 1.165) is 11.4 Å². The van der Waals surface area contributed by atoms with Crippen LogP contribution in [0.15, 0.2) is 47.5 Å². The molecule has 0 aromatic heterocycles. The highest BCUT2D eigenvalue weighted by Gasteiger charge is 2.15. The maximum Gasteiger partial charge on any atom is 0.195 e. The van der Waals surface area contributed by atoms with E-state index in [1.807, 2.05) is 37.3 Å². The van der Waals surface area contributed by atoms with Crippen LogP contribution in [0, 0.1) is 0 Å². The number of methoxy groups -OCH3 is 2. The molecule has 0 radical (unpaired) electrons. The number of hydrogen-bond acceptors (Lipinski definition) is 5. The Bertz CT molecular complexity index is 797. The molecule has 1 unspecified atom stereocenters. The molecule has 0 saturated carbocycles. The minimum absolute atomic E-state index is 0. The molecule has 7 nitrogen and oxygen atoms in total. The van der Waals surface area contributed by atoms with Crippen LogP contribution in [0.2, 0.25) is 0 Å². The second-order valence-corrected chi connectivity index (χ2v) is 6.63. The van der Waals surface area contributed by atoms with Crippen LogP contribution >= 0.6 is 24.0 Å². The lowest BCUT2D eigenvalue weighted by Gasteiger charge is -2.26. The predicted octanol–water partition coefficient (Wildman–Crippen LogP) is 4.01. The fourth-order valence-electron chi connectivity index (χ4n) is 2.96. The Hall–Kier alpha value is -2.20. The average molecular weight is 528 g/mol. The lowest BCUT2D eigenvalue weighted by molar-refractivity contribution is 0.298. The number of rotatable bonds is 9. The molecule has 0 aliphatic carbocycles. The van der Waals surface area contributed by atoms with Crippen LogP contribution in [-0.2, 0) is 0 Å². The van der Waals surface area contributed by atoms with Gasteiger partial charge in [0, 0.05) is 25.3 Å². The SMILES string of the molecule is CCOc1cc(NC(=NC)NCC(c2ccc(OC)cc2)N(C)C)ccc1OC.I. The van der Waals surface area contributed by atoms with Crippen molar-refractivity contribution in [3.63, 3.8) is 0 Å². The summed E-state index contributed by atoms with van der Waals surface area (Å²) in [7, 11) is 9.17. The summed E-state index contributed by atoms with van der Waals surface area (Å²) in [5.41, 5.74) is 2.06. The van der Waals surface area contributed by atoms with E-state index in [2.05, 4.69) is 46.8 Å². The standard InChI is InChI=1S/C22H32N4O3.HI/c1-7-29-21-14-17(10-13-20(21)28-6)25-22(23-2)24-15-19(26(3)4)16-8-11-18(27-5)12-9-16;/h8-14,19H,7,15H2,1-6H3,(H2,23,24,25);1H. The maximum absolute atomic E-state index is 5.65. The van der Waals surface area contributed by atoms with Crippen molar-refractivity contribution < 1.29 is 14.2 Å². The van der Waals surface area contributed by atoms with E-state index in [-0.39, 0.29) is 30.0 Å². The van der Waals surface area contributed by atoms with Crippen LogP contribution in [0.5, 0.6) is 17.2 Å². The minimum atomic E-state index is 0. The molecule has 0 spiro atoms. The normalized spacial score (nSPS) is 12.0. The van der Waals surface area contributed by atoms with Crippen molar-refractivity contribution in [3.05, 3.63) is 48.0 Å². The van der Waals surface area contributed by atoms with Gasteiger partial charge in [0.2, 0.25) is 0 Å². The number of nitrogens with zero attached hydrogens (tertiary/aromatic N) is 2. The van der Waals surface area contributed by atoms with Gasteiger partial charge in [-0.2, -0.15) is 0 Å². The van der Waals surface area contributed by atoms with Crippen LogP contribution in [0.4, 0.5) is 5.69 Å². The summed E-state index contributed by atoms with van der Waals surface area (Å²) >= 11 is 0. The molecule has 0 aliphatic rings. The molecule has 0 saturated heterocycles. The molecule has 1 atom stereocenters. The van der Waals surface area contributed by atoms with Crippen LogP contribution < -0.4 is 24.8 Å². The summed E-state index contributed by atoms with van der Waals surface area (Å²) in [6, 6.07) is 14.0. The highest BCUT2D eigenvalue weighted by Crippen LogP contribution is 2.30. The molecule has 2 rings (SSSR count). The Labute approximate surface area is 196 Å². The molecule has 0 bridgehead atoms. The average Bonchev–Trinajstić information content (AvgIpc) is 2.73. The second-order valence-electron chi connectivity index (χ2n) is 6.63. The largest absolute Gasteiger partial charge is 0.497 e. The van der Waals surface area contributed by atoms with Gasteiger partial charge in [-0.3, -0.25) is 4.99 Å². The molecule has 2 aromatic rings. The molecule has 0 fully saturated rings. The molecule has 2 aromatic carbocycles. The third-order valence-electron chi connectivity index (χ3n) is 4.54. The number of benzene rings is 2.